The third-order valence-electron chi connectivity index (χ3n) is 2.51. The van der Waals surface area contributed by atoms with Gasteiger partial charge in [0.2, 0.25) is 0 Å². The number of nitrogens with two attached hydrogens (primary N) is 1. The molecule has 1 atom stereocenters. The zero-order valence-corrected chi connectivity index (χ0v) is 9.43. The standard InChI is InChI=1S/C11H15N3O2/c1-3-8(12)10-13-11(16-14-10)7-5-6-15-9(7)4-2/h5-6,8H,3-4,12H2,1-2H3. The van der Waals surface area contributed by atoms with E-state index in [0.29, 0.717) is 11.7 Å². The van der Waals surface area contributed by atoms with Gasteiger partial charge in [-0.1, -0.05) is 19.0 Å². The van der Waals surface area contributed by atoms with Gasteiger partial charge >= 0.3 is 0 Å². The molecule has 2 N–H and O–H groups in total. The maximum atomic E-state index is 5.82. The van der Waals surface area contributed by atoms with Crippen molar-refractivity contribution in [3.8, 4) is 11.5 Å². The Morgan fingerprint density at radius 3 is 2.94 bits per heavy atom. The first-order valence-corrected chi connectivity index (χ1v) is 5.42. The molecule has 16 heavy (non-hydrogen) atoms. The summed E-state index contributed by atoms with van der Waals surface area (Å²) >= 11 is 0. The molecule has 2 heterocycles. The van der Waals surface area contributed by atoms with E-state index in [9.17, 15) is 0 Å². The Morgan fingerprint density at radius 2 is 2.25 bits per heavy atom. The molecule has 0 spiro atoms. The fourth-order valence-corrected chi connectivity index (χ4v) is 1.48. The SMILES string of the molecule is CCc1occc1-c1nc(C(N)CC)no1. The number of aryl methyl sites for hydroxylation is 1. The molecule has 0 saturated heterocycles. The van der Waals surface area contributed by atoms with Gasteiger partial charge in [-0.2, -0.15) is 4.98 Å². The fourth-order valence-electron chi connectivity index (χ4n) is 1.48. The summed E-state index contributed by atoms with van der Waals surface area (Å²) in [7, 11) is 0. The van der Waals surface area contributed by atoms with Crippen molar-refractivity contribution in [2.75, 3.05) is 0 Å². The van der Waals surface area contributed by atoms with Crippen molar-refractivity contribution in [2.45, 2.75) is 32.7 Å². The largest absolute Gasteiger partial charge is 0.469 e. The molecule has 2 aromatic heterocycles. The number of nitrogens with zero attached hydrogens (tertiary/aromatic N) is 2. The molecule has 0 fully saturated rings. The molecule has 0 aromatic carbocycles. The molecule has 86 valence electrons. The summed E-state index contributed by atoms with van der Waals surface area (Å²) in [4.78, 5) is 4.27. The van der Waals surface area contributed by atoms with E-state index < -0.39 is 0 Å². The average Bonchev–Trinajstić information content (AvgIpc) is 2.95. The predicted molar refractivity (Wildman–Crippen MR) is 58.6 cm³/mol. The Kier molecular flexibility index (Phi) is 3.05. The maximum Gasteiger partial charge on any atom is 0.261 e. The van der Waals surface area contributed by atoms with Gasteiger partial charge in [0.1, 0.15) is 5.76 Å². The Bertz CT molecular complexity index is 461. The highest BCUT2D eigenvalue weighted by Crippen LogP contribution is 2.24. The molecular weight excluding hydrogens is 206 g/mol. The quantitative estimate of drug-likeness (QED) is 0.857. The summed E-state index contributed by atoms with van der Waals surface area (Å²) in [6.45, 7) is 3.99. The highest BCUT2D eigenvalue weighted by Gasteiger charge is 2.17. The fraction of sp³-hybridized carbons (Fsp3) is 0.455. The van der Waals surface area contributed by atoms with Gasteiger partial charge in [0.15, 0.2) is 5.82 Å². The molecule has 2 rings (SSSR count). The molecule has 5 nitrogen and oxygen atoms in total. The molecule has 0 radical (unpaired) electrons. The number of furan rings is 1. The molecule has 0 aliphatic carbocycles. The summed E-state index contributed by atoms with van der Waals surface area (Å²) in [5.41, 5.74) is 6.67. The molecule has 0 aliphatic heterocycles. The van der Waals surface area contributed by atoms with Gasteiger partial charge in [0.25, 0.3) is 5.89 Å². The van der Waals surface area contributed by atoms with Crippen LogP contribution in [0.2, 0.25) is 0 Å². The summed E-state index contributed by atoms with van der Waals surface area (Å²) < 4.78 is 10.5. The number of aromatic nitrogens is 2. The Hall–Kier alpha value is -1.62. The van der Waals surface area contributed by atoms with E-state index in [1.165, 1.54) is 0 Å². The zero-order chi connectivity index (χ0) is 11.5. The van der Waals surface area contributed by atoms with Crippen molar-refractivity contribution < 1.29 is 8.94 Å². The lowest BCUT2D eigenvalue weighted by molar-refractivity contribution is 0.413. The van der Waals surface area contributed by atoms with Gasteiger partial charge in [-0.15, -0.1) is 0 Å². The van der Waals surface area contributed by atoms with Crippen LogP contribution >= 0.6 is 0 Å². The topological polar surface area (TPSA) is 78.1 Å². The first-order valence-electron chi connectivity index (χ1n) is 5.42. The molecule has 0 saturated carbocycles. The van der Waals surface area contributed by atoms with Gasteiger partial charge in [-0.3, -0.25) is 0 Å². The van der Waals surface area contributed by atoms with Crippen molar-refractivity contribution in [1.82, 2.24) is 10.1 Å². The molecule has 2 aromatic rings. The van der Waals surface area contributed by atoms with Gasteiger partial charge in [-0.05, 0) is 12.5 Å². The highest BCUT2D eigenvalue weighted by molar-refractivity contribution is 5.55. The second-order valence-electron chi connectivity index (χ2n) is 3.58. The minimum absolute atomic E-state index is 0.172. The first-order chi connectivity index (χ1) is 7.76. The molecule has 0 aliphatic rings. The highest BCUT2D eigenvalue weighted by atomic mass is 16.5. The van der Waals surface area contributed by atoms with Crippen LogP contribution in [0.4, 0.5) is 0 Å². The van der Waals surface area contributed by atoms with Crippen LogP contribution in [0, 0.1) is 0 Å². The van der Waals surface area contributed by atoms with Crippen LogP contribution in [0.5, 0.6) is 0 Å². The smallest absolute Gasteiger partial charge is 0.261 e. The predicted octanol–water partition coefficient (Wildman–Crippen LogP) is 2.30. The van der Waals surface area contributed by atoms with Gasteiger partial charge in [0.05, 0.1) is 17.9 Å². The van der Waals surface area contributed by atoms with E-state index in [1.807, 2.05) is 19.9 Å². The third-order valence-corrected chi connectivity index (χ3v) is 2.51. The first kappa shape index (κ1) is 10.9. The Morgan fingerprint density at radius 1 is 1.44 bits per heavy atom. The monoisotopic (exact) mass is 221 g/mol. The molecular formula is C11H15N3O2. The third kappa shape index (κ3) is 1.86. The number of hydrogen-bond acceptors (Lipinski definition) is 5. The van der Waals surface area contributed by atoms with Crippen molar-refractivity contribution in [3.05, 3.63) is 23.9 Å². The average molecular weight is 221 g/mol. The van der Waals surface area contributed by atoms with E-state index in [4.69, 9.17) is 14.7 Å². The molecule has 5 heteroatoms. The van der Waals surface area contributed by atoms with Crippen molar-refractivity contribution in [3.63, 3.8) is 0 Å². The van der Waals surface area contributed by atoms with Crippen LogP contribution < -0.4 is 5.73 Å². The summed E-state index contributed by atoms with van der Waals surface area (Å²) in [6, 6.07) is 1.66. The second-order valence-corrected chi connectivity index (χ2v) is 3.58. The van der Waals surface area contributed by atoms with E-state index >= 15 is 0 Å². The van der Waals surface area contributed by atoms with Crippen molar-refractivity contribution in [2.24, 2.45) is 5.73 Å². The second kappa shape index (κ2) is 4.49. The number of rotatable bonds is 4. The minimum atomic E-state index is -0.172. The van der Waals surface area contributed by atoms with E-state index in [2.05, 4.69) is 10.1 Å². The molecule has 0 amide bonds. The Balaban J connectivity index is 2.31. The Labute approximate surface area is 93.6 Å². The van der Waals surface area contributed by atoms with Gasteiger partial charge in [-0.25, -0.2) is 0 Å². The minimum Gasteiger partial charge on any atom is -0.469 e. The lowest BCUT2D eigenvalue weighted by Gasteiger charge is -1.99. The van der Waals surface area contributed by atoms with Crippen LogP contribution in [0.15, 0.2) is 21.3 Å². The van der Waals surface area contributed by atoms with E-state index in [1.54, 1.807) is 6.26 Å². The zero-order valence-electron chi connectivity index (χ0n) is 9.43. The van der Waals surface area contributed by atoms with Crippen LogP contribution in [-0.2, 0) is 6.42 Å². The van der Waals surface area contributed by atoms with Crippen molar-refractivity contribution in [1.29, 1.82) is 0 Å². The van der Waals surface area contributed by atoms with Crippen LogP contribution in [0.1, 0.15) is 37.9 Å². The maximum absolute atomic E-state index is 5.82. The lowest BCUT2D eigenvalue weighted by atomic mass is 10.2. The van der Waals surface area contributed by atoms with Gasteiger partial charge < -0.3 is 14.7 Å². The summed E-state index contributed by atoms with van der Waals surface area (Å²) in [5, 5.41) is 3.87. The van der Waals surface area contributed by atoms with E-state index in [-0.39, 0.29) is 6.04 Å². The lowest BCUT2D eigenvalue weighted by Crippen LogP contribution is -2.10. The molecule has 0 bridgehead atoms. The van der Waals surface area contributed by atoms with Gasteiger partial charge in [0, 0.05) is 6.42 Å². The summed E-state index contributed by atoms with van der Waals surface area (Å²) in [5.74, 6) is 1.87. The summed E-state index contributed by atoms with van der Waals surface area (Å²) in [6.07, 6.45) is 3.20. The van der Waals surface area contributed by atoms with Crippen LogP contribution in [-0.4, -0.2) is 10.1 Å². The number of hydrogen-bond donors (Lipinski definition) is 1. The van der Waals surface area contributed by atoms with Crippen molar-refractivity contribution >= 4 is 0 Å². The van der Waals surface area contributed by atoms with Crippen LogP contribution in [0.3, 0.4) is 0 Å². The molecule has 1 unspecified atom stereocenters. The van der Waals surface area contributed by atoms with E-state index in [0.717, 1.165) is 24.2 Å². The normalized spacial score (nSPS) is 12.9. The van der Waals surface area contributed by atoms with Crippen LogP contribution in [0.25, 0.3) is 11.5 Å².